The van der Waals surface area contributed by atoms with Gasteiger partial charge in [-0.25, -0.2) is 9.78 Å². The second-order valence-corrected chi connectivity index (χ2v) is 4.41. The number of likely N-dealkylation sites (tertiary alicyclic amines) is 1. The van der Waals surface area contributed by atoms with Crippen LogP contribution < -0.4 is 5.73 Å². The highest BCUT2D eigenvalue weighted by Gasteiger charge is 2.25. The van der Waals surface area contributed by atoms with Crippen LogP contribution in [0.4, 0.5) is 4.79 Å². The Balaban J connectivity index is 1.92. The van der Waals surface area contributed by atoms with Crippen molar-refractivity contribution in [2.24, 2.45) is 5.73 Å². The summed E-state index contributed by atoms with van der Waals surface area (Å²) in [4.78, 5) is 17.5. The smallest absolute Gasteiger partial charge is 0.409 e. The number of amides is 1. The molecule has 1 fully saturated rings. The summed E-state index contributed by atoms with van der Waals surface area (Å²) in [5, 5.41) is 0. The van der Waals surface area contributed by atoms with Crippen molar-refractivity contribution >= 4 is 6.09 Å². The summed E-state index contributed by atoms with van der Waals surface area (Å²) in [6, 6.07) is 0.386. The third-order valence-corrected chi connectivity index (χ3v) is 3.34. The Kier molecular flexibility index (Phi) is 4.19. The van der Waals surface area contributed by atoms with E-state index in [1.54, 1.807) is 11.1 Å². The number of rotatable bonds is 3. The van der Waals surface area contributed by atoms with Crippen molar-refractivity contribution < 1.29 is 9.53 Å². The van der Waals surface area contributed by atoms with Crippen LogP contribution >= 0.6 is 0 Å². The van der Waals surface area contributed by atoms with Gasteiger partial charge in [0.2, 0.25) is 0 Å². The molecule has 0 spiro atoms. The fraction of sp³-hybridized carbons (Fsp3) is 0.667. The summed E-state index contributed by atoms with van der Waals surface area (Å²) in [7, 11) is 0. The van der Waals surface area contributed by atoms with E-state index in [4.69, 9.17) is 10.5 Å². The van der Waals surface area contributed by atoms with E-state index in [-0.39, 0.29) is 6.09 Å². The van der Waals surface area contributed by atoms with Crippen molar-refractivity contribution in [3.8, 4) is 0 Å². The zero-order chi connectivity index (χ0) is 13.0. The van der Waals surface area contributed by atoms with E-state index >= 15 is 0 Å². The summed E-state index contributed by atoms with van der Waals surface area (Å²) in [6.45, 7) is 4.21. The lowest BCUT2D eigenvalue weighted by Gasteiger charge is -2.32. The maximum atomic E-state index is 11.6. The van der Waals surface area contributed by atoms with Gasteiger partial charge in [0.25, 0.3) is 0 Å². The van der Waals surface area contributed by atoms with Crippen LogP contribution in [0.2, 0.25) is 0 Å². The molecule has 18 heavy (non-hydrogen) atoms. The summed E-state index contributed by atoms with van der Waals surface area (Å²) in [5.41, 5.74) is 6.72. The molecule has 0 atom stereocenters. The third kappa shape index (κ3) is 2.64. The first-order valence-corrected chi connectivity index (χ1v) is 6.38. The molecule has 6 heteroatoms. The van der Waals surface area contributed by atoms with Gasteiger partial charge in [0.05, 0.1) is 18.6 Å². The summed E-state index contributed by atoms with van der Waals surface area (Å²) in [6.07, 6.45) is 5.26. The molecule has 1 aliphatic heterocycles. The topological polar surface area (TPSA) is 73.4 Å². The third-order valence-electron chi connectivity index (χ3n) is 3.34. The fourth-order valence-electron chi connectivity index (χ4n) is 2.36. The zero-order valence-corrected chi connectivity index (χ0v) is 10.7. The number of hydrogen-bond donors (Lipinski definition) is 1. The maximum Gasteiger partial charge on any atom is 0.409 e. The van der Waals surface area contributed by atoms with Gasteiger partial charge in [0, 0.05) is 31.9 Å². The van der Waals surface area contributed by atoms with Crippen molar-refractivity contribution in [3.05, 3.63) is 18.2 Å². The first-order chi connectivity index (χ1) is 8.76. The van der Waals surface area contributed by atoms with Gasteiger partial charge in [-0.05, 0) is 19.8 Å². The lowest BCUT2D eigenvalue weighted by molar-refractivity contribution is 0.0925. The molecule has 1 aromatic rings. The van der Waals surface area contributed by atoms with Crippen molar-refractivity contribution in [2.45, 2.75) is 32.4 Å². The molecule has 0 bridgehead atoms. The molecule has 1 aromatic heterocycles. The molecule has 2 rings (SSSR count). The van der Waals surface area contributed by atoms with Gasteiger partial charge in [-0.3, -0.25) is 0 Å². The van der Waals surface area contributed by atoms with Gasteiger partial charge >= 0.3 is 6.09 Å². The average molecular weight is 252 g/mol. The quantitative estimate of drug-likeness (QED) is 0.875. The zero-order valence-electron chi connectivity index (χ0n) is 10.7. The molecule has 100 valence electrons. The van der Waals surface area contributed by atoms with Crippen LogP contribution in [0.5, 0.6) is 0 Å². The van der Waals surface area contributed by atoms with Gasteiger partial charge in [-0.2, -0.15) is 0 Å². The van der Waals surface area contributed by atoms with Crippen LogP contribution in [0.3, 0.4) is 0 Å². The summed E-state index contributed by atoms with van der Waals surface area (Å²) < 4.78 is 7.13. The minimum Gasteiger partial charge on any atom is -0.450 e. The Hall–Kier alpha value is -1.56. The van der Waals surface area contributed by atoms with E-state index in [2.05, 4.69) is 9.55 Å². The summed E-state index contributed by atoms with van der Waals surface area (Å²) in [5.74, 6) is 0. The second kappa shape index (κ2) is 5.86. The molecule has 0 saturated carbocycles. The van der Waals surface area contributed by atoms with Crippen LogP contribution in [0.25, 0.3) is 0 Å². The Morgan fingerprint density at radius 1 is 1.56 bits per heavy atom. The Morgan fingerprint density at radius 2 is 2.28 bits per heavy atom. The van der Waals surface area contributed by atoms with Crippen LogP contribution in [-0.2, 0) is 11.3 Å². The first-order valence-electron chi connectivity index (χ1n) is 6.38. The standard InChI is InChI=1S/C12H20N4O2/c1-2-18-12(17)15-5-3-10(4-6-15)16-9-14-8-11(16)7-13/h8-10H,2-7,13H2,1H3. The number of aromatic nitrogens is 2. The summed E-state index contributed by atoms with van der Waals surface area (Å²) >= 11 is 0. The predicted octanol–water partition coefficient (Wildman–Crippen LogP) is 1.14. The van der Waals surface area contributed by atoms with Crippen LogP contribution in [0.1, 0.15) is 31.5 Å². The molecule has 0 aromatic carbocycles. The highest BCUT2D eigenvalue weighted by atomic mass is 16.6. The van der Waals surface area contributed by atoms with Crippen molar-refractivity contribution in [3.63, 3.8) is 0 Å². The molecular weight excluding hydrogens is 232 g/mol. The Bertz CT molecular complexity index is 397. The molecule has 1 amide bonds. The lowest BCUT2D eigenvalue weighted by Crippen LogP contribution is -2.39. The minimum atomic E-state index is -0.208. The number of carbonyl (C=O) groups is 1. The van der Waals surface area contributed by atoms with Gasteiger partial charge in [0.1, 0.15) is 0 Å². The Morgan fingerprint density at radius 3 is 2.89 bits per heavy atom. The van der Waals surface area contributed by atoms with Crippen LogP contribution in [0.15, 0.2) is 12.5 Å². The van der Waals surface area contributed by atoms with Crippen LogP contribution in [-0.4, -0.2) is 40.2 Å². The molecule has 1 saturated heterocycles. The molecule has 0 radical (unpaired) electrons. The van der Waals surface area contributed by atoms with E-state index in [1.807, 2.05) is 13.3 Å². The average Bonchev–Trinajstić information content (AvgIpc) is 2.87. The first kappa shape index (κ1) is 12.9. The number of ether oxygens (including phenoxy) is 1. The van der Waals surface area contributed by atoms with Crippen molar-refractivity contribution in [1.29, 1.82) is 0 Å². The molecular formula is C12H20N4O2. The number of nitrogens with zero attached hydrogens (tertiary/aromatic N) is 3. The number of piperidine rings is 1. The van der Waals surface area contributed by atoms with Gasteiger partial charge in [-0.15, -0.1) is 0 Å². The minimum absolute atomic E-state index is 0.208. The number of imidazole rings is 1. The normalized spacial score (nSPS) is 16.9. The molecule has 0 unspecified atom stereocenters. The van der Waals surface area contributed by atoms with E-state index in [9.17, 15) is 4.79 Å². The highest BCUT2D eigenvalue weighted by Crippen LogP contribution is 2.24. The monoisotopic (exact) mass is 252 g/mol. The van der Waals surface area contributed by atoms with Crippen molar-refractivity contribution in [1.82, 2.24) is 14.5 Å². The second-order valence-electron chi connectivity index (χ2n) is 4.41. The van der Waals surface area contributed by atoms with Gasteiger partial charge in [0.15, 0.2) is 0 Å². The predicted molar refractivity (Wildman–Crippen MR) is 67.0 cm³/mol. The fourth-order valence-corrected chi connectivity index (χ4v) is 2.36. The molecule has 1 aliphatic rings. The number of nitrogens with two attached hydrogens (primary N) is 1. The number of hydrogen-bond acceptors (Lipinski definition) is 4. The highest BCUT2D eigenvalue weighted by molar-refractivity contribution is 5.67. The van der Waals surface area contributed by atoms with Gasteiger partial charge in [-0.1, -0.05) is 0 Å². The van der Waals surface area contributed by atoms with E-state index in [0.717, 1.165) is 31.6 Å². The van der Waals surface area contributed by atoms with E-state index < -0.39 is 0 Å². The van der Waals surface area contributed by atoms with Crippen molar-refractivity contribution in [2.75, 3.05) is 19.7 Å². The molecule has 2 N–H and O–H groups in total. The molecule has 2 heterocycles. The maximum absolute atomic E-state index is 11.6. The van der Waals surface area contributed by atoms with Crippen LogP contribution in [0, 0.1) is 0 Å². The molecule has 6 nitrogen and oxygen atoms in total. The largest absolute Gasteiger partial charge is 0.450 e. The van der Waals surface area contributed by atoms with E-state index in [0.29, 0.717) is 19.2 Å². The molecule has 0 aliphatic carbocycles. The Labute approximate surface area is 107 Å². The SMILES string of the molecule is CCOC(=O)N1CCC(n2cncc2CN)CC1. The van der Waals surface area contributed by atoms with E-state index in [1.165, 1.54) is 0 Å². The lowest BCUT2D eigenvalue weighted by atomic mass is 10.1. The number of carbonyl (C=O) groups excluding carboxylic acids is 1. The van der Waals surface area contributed by atoms with Gasteiger partial charge < -0.3 is 19.9 Å².